The van der Waals surface area contributed by atoms with Crippen molar-refractivity contribution in [3.63, 3.8) is 0 Å². The van der Waals surface area contributed by atoms with Gasteiger partial charge in [-0.1, -0.05) is 29.8 Å². The van der Waals surface area contributed by atoms with E-state index in [4.69, 9.17) is 20.8 Å². The van der Waals surface area contributed by atoms with Gasteiger partial charge in [-0.05, 0) is 50.1 Å². The van der Waals surface area contributed by atoms with E-state index in [1.165, 1.54) is 22.5 Å². The van der Waals surface area contributed by atoms with Crippen molar-refractivity contribution in [1.82, 2.24) is 14.5 Å². The van der Waals surface area contributed by atoms with Crippen LogP contribution in [0.2, 0.25) is 5.02 Å². The van der Waals surface area contributed by atoms with Gasteiger partial charge in [0.2, 0.25) is 21.8 Å². The SMILES string of the molecule is CCOC(=O)[C@@H]1CCCN(S(=O)(=O)c2ccc(Cl)c(-c3nnc(-c4ccccc4)o3)c2)C1. The highest BCUT2D eigenvalue weighted by molar-refractivity contribution is 7.89. The molecule has 10 heteroatoms. The van der Waals surface area contributed by atoms with E-state index in [1.54, 1.807) is 6.92 Å². The average molecular weight is 476 g/mol. The zero-order valence-corrected chi connectivity index (χ0v) is 19.0. The smallest absolute Gasteiger partial charge is 0.310 e. The van der Waals surface area contributed by atoms with E-state index in [-0.39, 0.29) is 34.9 Å². The van der Waals surface area contributed by atoms with Crippen molar-refractivity contribution < 1.29 is 22.4 Å². The number of aromatic nitrogens is 2. The molecule has 1 atom stereocenters. The first-order valence-electron chi connectivity index (χ1n) is 10.3. The van der Waals surface area contributed by atoms with Gasteiger partial charge < -0.3 is 9.15 Å². The van der Waals surface area contributed by atoms with Gasteiger partial charge >= 0.3 is 5.97 Å². The number of carbonyl (C=O) groups is 1. The van der Waals surface area contributed by atoms with E-state index < -0.39 is 15.9 Å². The number of sulfonamides is 1. The summed E-state index contributed by atoms with van der Waals surface area (Å²) in [5.41, 5.74) is 1.06. The zero-order chi connectivity index (χ0) is 22.7. The Balaban J connectivity index is 1.62. The second-order valence-electron chi connectivity index (χ2n) is 7.37. The lowest BCUT2D eigenvalue weighted by molar-refractivity contribution is -0.149. The van der Waals surface area contributed by atoms with Crippen LogP contribution in [0, 0.1) is 5.92 Å². The molecule has 0 radical (unpaired) electrons. The topological polar surface area (TPSA) is 103 Å². The summed E-state index contributed by atoms with van der Waals surface area (Å²) in [5, 5.41) is 8.38. The van der Waals surface area contributed by atoms with Gasteiger partial charge in [-0.2, -0.15) is 4.31 Å². The van der Waals surface area contributed by atoms with Crippen LogP contribution in [-0.2, 0) is 19.6 Å². The number of carbonyl (C=O) groups excluding carboxylic acids is 1. The molecule has 8 nitrogen and oxygen atoms in total. The molecule has 0 aliphatic carbocycles. The second-order valence-corrected chi connectivity index (χ2v) is 9.72. The molecule has 1 aromatic heterocycles. The maximum Gasteiger partial charge on any atom is 0.310 e. The molecule has 2 aromatic carbocycles. The van der Waals surface area contributed by atoms with Gasteiger partial charge in [-0.15, -0.1) is 10.2 Å². The zero-order valence-electron chi connectivity index (χ0n) is 17.4. The van der Waals surface area contributed by atoms with Gasteiger partial charge in [0, 0.05) is 18.7 Å². The molecule has 0 bridgehead atoms. The molecule has 1 aliphatic rings. The van der Waals surface area contributed by atoms with Crippen molar-refractivity contribution in [2.45, 2.75) is 24.7 Å². The van der Waals surface area contributed by atoms with E-state index in [0.29, 0.717) is 30.8 Å². The molecule has 1 saturated heterocycles. The Bertz CT molecular complexity index is 1210. The van der Waals surface area contributed by atoms with E-state index in [2.05, 4.69) is 10.2 Å². The normalized spacial score (nSPS) is 17.2. The van der Waals surface area contributed by atoms with Crippen LogP contribution in [0.5, 0.6) is 0 Å². The van der Waals surface area contributed by atoms with Gasteiger partial charge in [0.05, 0.1) is 28.0 Å². The molecule has 1 aliphatic heterocycles. The molecule has 0 amide bonds. The van der Waals surface area contributed by atoms with Crippen LogP contribution >= 0.6 is 11.6 Å². The largest absolute Gasteiger partial charge is 0.466 e. The lowest BCUT2D eigenvalue weighted by Gasteiger charge is -2.30. The Kier molecular flexibility index (Phi) is 6.59. The van der Waals surface area contributed by atoms with Crippen LogP contribution in [0.1, 0.15) is 19.8 Å². The average Bonchev–Trinajstić information content (AvgIpc) is 3.30. The minimum atomic E-state index is -3.86. The third-order valence-corrected chi connectivity index (χ3v) is 7.45. The van der Waals surface area contributed by atoms with Gasteiger partial charge in [-0.25, -0.2) is 8.42 Å². The van der Waals surface area contributed by atoms with E-state index in [9.17, 15) is 13.2 Å². The third kappa shape index (κ3) is 4.55. The van der Waals surface area contributed by atoms with Crippen molar-refractivity contribution >= 4 is 27.6 Å². The molecular weight excluding hydrogens is 454 g/mol. The number of hydrogen-bond donors (Lipinski definition) is 0. The van der Waals surface area contributed by atoms with Crippen molar-refractivity contribution in [2.24, 2.45) is 5.92 Å². The number of nitrogens with zero attached hydrogens (tertiary/aromatic N) is 3. The molecule has 1 fully saturated rings. The number of esters is 1. The lowest BCUT2D eigenvalue weighted by Crippen LogP contribution is -2.42. The van der Waals surface area contributed by atoms with Crippen molar-refractivity contribution in [2.75, 3.05) is 19.7 Å². The highest BCUT2D eigenvalue weighted by Gasteiger charge is 2.34. The van der Waals surface area contributed by atoms with Crippen LogP contribution in [0.3, 0.4) is 0 Å². The summed E-state index contributed by atoms with van der Waals surface area (Å²) in [7, 11) is -3.86. The summed E-state index contributed by atoms with van der Waals surface area (Å²) in [6.45, 7) is 2.40. The van der Waals surface area contributed by atoms with Crippen molar-refractivity contribution in [1.29, 1.82) is 0 Å². The first-order chi connectivity index (χ1) is 15.4. The molecule has 0 spiro atoms. The van der Waals surface area contributed by atoms with Gasteiger partial charge in [-0.3, -0.25) is 4.79 Å². The number of piperidine rings is 1. The maximum absolute atomic E-state index is 13.3. The van der Waals surface area contributed by atoms with Crippen molar-refractivity contribution in [3.05, 3.63) is 53.6 Å². The first-order valence-corrected chi connectivity index (χ1v) is 12.1. The Morgan fingerprint density at radius 3 is 2.69 bits per heavy atom. The van der Waals surface area contributed by atoms with E-state index >= 15 is 0 Å². The van der Waals surface area contributed by atoms with Crippen molar-refractivity contribution in [3.8, 4) is 22.9 Å². The van der Waals surface area contributed by atoms with Gasteiger partial charge in [0.1, 0.15) is 0 Å². The number of benzene rings is 2. The predicted molar refractivity (Wildman–Crippen MR) is 118 cm³/mol. The fourth-order valence-corrected chi connectivity index (χ4v) is 5.37. The highest BCUT2D eigenvalue weighted by atomic mass is 35.5. The number of halogens is 1. The second kappa shape index (κ2) is 9.40. The van der Waals surface area contributed by atoms with Gasteiger partial charge in [0.15, 0.2) is 0 Å². The van der Waals surface area contributed by atoms with E-state index in [0.717, 1.165) is 5.56 Å². The summed E-state index contributed by atoms with van der Waals surface area (Å²) in [4.78, 5) is 12.2. The minimum absolute atomic E-state index is 0.0425. The monoisotopic (exact) mass is 475 g/mol. The Hall–Kier alpha value is -2.75. The molecule has 2 heterocycles. The predicted octanol–water partition coefficient (Wildman–Crippen LogP) is 4.02. The van der Waals surface area contributed by atoms with E-state index in [1.807, 2.05) is 30.3 Å². The molecule has 3 aromatic rings. The van der Waals surface area contributed by atoms with Crippen LogP contribution in [-0.4, -0.2) is 48.6 Å². The summed E-state index contributed by atoms with van der Waals surface area (Å²) in [5.74, 6) is -0.426. The minimum Gasteiger partial charge on any atom is -0.466 e. The maximum atomic E-state index is 13.3. The molecule has 32 heavy (non-hydrogen) atoms. The summed E-state index contributed by atoms with van der Waals surface area (Å²) >= 11 is 6.32. The quantitative estimate of drug-likeness (QED) is 0.496. The standard InChI is InChI=1S/C22H22ClN3O5S/c1-2-30-22(27)16-9-6-12-26(14-16)32(28,29)17-10-11-19(23)18(13-17)21-25-24-20(31-21)15-7-4-3-5-8-15/h3-5,7-8,10-11,13,16H,2,6,9,12,14H2,1H3/t16-/m1/s1. The summed E-state index contributed by atoms with van der Waals surface area (Å²) in [6, 6.07) is 13.6. The molecule has 4 rings (SSSR count). The number of hydrogen-bond acceptors (Lipinski definition) is 7. The number of rotatable bonds is 6. The molecule has 0 unspecified atom stereocenters. The summed E-state index contributed by atoms with van der Waals surface area (Å²) < 4.78 is 38.7. The first kappa shape index (κ1) is 22.4. The Morgan fingerprint density at radius 2 is 1.94 bits per heavy atom. The lowest BCUT2D eigenvalue weighted by atomic mass is 10.0. The van der Waals surface area contributed by atoms with Crippen LogP contribution in [0.25, 0.3) is 22.9 Å². The number of ether oxygens (including phenoxy) is 1. The highest BCUT2D eigenvalue weighted by Crippen LogP contribution is 2.33. The van der Waals surface area contributed by atoms with Crippen LogP contribution in [0.4, 0.5) is 0 Å². The molecule has 168 valence electrons. The Labute approximate surface area is 191 Å². The molecule has 0 N–H and O–H groups in total. The molecular formula is C22H22ClN3O5S. The summed E-state index contributed by atoms with van der Waals surface area (Å²) in [6.07, 6.45) is 1.17. The fourth-order valence-electron chi connectivity index (χ4n) is 3.62. The molecule has 0 saturated carbocycles. The van der Waals surface area contributed by atoms with Gasteiger partial charge in [0.25, 0.3) is 0 Å². The Morgan fingerprint density at radius 1 is 1.19 bits per heavy atom. The third-order valence-electron chi connectivity index (χ3n) is 5.26. The van der Waals surface area contributed by atoms with Crippen LogP contribution in [0.15, 0.2) is 57.8 Å². The fraction of sp³-hybridized carbons (Fsp3) is 0.318. The van der Waals surface area contributed by atoms with Crippen LogP contribution < -0.4 is 0 Å².